The molecule has 1 N–H and O–H groups in total. The van der Waals surface area contributed by atoms with Crippen molar-refractivity contribution in [1.29, 1.82) is 0 Å². The second kappa shape index (κ2) is 4.38. The predicted molar refractivity (Wildman–Crippen MR) is 51.9 cm³/mol. The molecule has 0 unspecified atom stereocenters. The molecule has 2 nitrogen and oxygen atoms in total. The van der Waals surface area contributed by atoms with E-state index in [2.05, 4.69) is 5.32 Å². The molecule has 1 aromatic heterocycles. The number of carbonyl (C=O) groups is 1. The lowest BCUT2D eigenvalue weighted by molar-refractivity contribution is 0.0995. The van der Waals surface area contributed by atoms with Crippen LogP contribution >= 0.6 is 11.3 Å². The molecule has 0 saturated carbocycles. The molecular formula is C9H13NOS. The first-order valence-corrected chi connectivity index (χ1v) is 4.86. The molecule has 1 rings (SSSR count). The van der Waals surface area contributed by atoms with Crippen molar-refractivity contribution in [3.05, 3.63) is 21.9 Å². The zero-order valence-corrected chi connectivity index (χ0v) is 8.20. The quantitative estimate of drug-likeness (QED) is 0.722. The fraction of sp³-hybridized carbons (Fsp3) is 0.444. The highest BCUT2D eigenvalue weighted by Crippen LogP contribution is 2.14. The Morgan fingerprint density at radius 2 is 2.33 bits per heavy atom. The van der Waals surface area contributed by atoms with E-state index in [0.717, 1.165) is 11.4 Å². The van der Waals surface area contributed by atoms with Crippen LogP contribution in [-0.4, -0.2) is 18.9 Å². The van der Waals surface area contributed by atoms with Gasteiger partial charge in [-0.15, -0.1) is 11.3 Å². The summed E-state index contributed by atoms with van der Waals surface area (Å²) in [5, 5.41) is 3.01. The van der Waals surface area contributed by atoms with Crippen molar-refractivity contribution in [2.24, 2.45) is 0 Å². The van der Waals surface area contributed by atoms with E-state index in [9.17, 15) is 4.79 Å². The third kappa shape index (κ3) is 2.43. The molecule has 3 heteroatoms. The maximum absolute atomic E-state index is 11.4. The first-order chi connectivity index (χ1) is 5.74. The van der Waals surface area contributed by atoms with E-state index in [0.29, 0.717) is 6.54 Å². The summed E-state index contributed by atoms with van der Waals surface area (Å²) < 4.78 is 0. The number of Topliss-reactive ketones (excluding diaryl/α,β-unsaturated/α-hetero) is 1. The summed E-state index contributed by atoms with van der Waals surface area (Å²) in [7, 11) is 0. The van der Waals surface area contributed by atoms with Crippen LogP contribution in [0.25, 0.3) is 0 Å². The van der Waals surface area contributed by atoms with Crippen molar-refractivity contribution in [3.63, 3.8) is 0 Å². The molecule has 1 heterocycles. The first-order valence-electron chi connectivity index (χ1n) is 4.04. The highest BCUT2D eigenvalue weighted by Gasteiger charge is 2.05. The zero-order chi connectivity index (χ0) is 8.97. The standard InChI is InChI=1S/C9H13NOS/c1-3-10-6-8(11)9-5-4-7(2)12-9/h4-5,10H,3,6H2,1-2H3. The molecule has 0 aliphatic carbocycles. The van der Waals surface area contributed by atoms with Gasteiger partial charge in [-0.05, 0) is 25.6 Å². The number of hydrogen-bond acceptors (Lipinski definition) is 3. The lowest BCUT2D eigenvalue weighted by Crippen LogP contribution is -2.21. The van der Waals surface area contributed by atoms with Crippen LogP contribution in [0.4, 0.5) is 0 Å². The molecule has 1 aromatic rings. The highest BCUT2D eigenvalue weighted by atomic mass is 32.1. The van der Waals surface area contributed by atoms with Crippen LogP contribution in [0, 0.1) is 6.92 Å². The number of aryl methyl sites for hydroxylation is 1. The Kier molecular flexibility index (Phi) is 3.44. The van der Waals surface area contributed by atoms with Crippen molar-refractivity contribution in [1.82, 2.24) is 5.32 Å². The molecule has 0 aromatic carbocycles. The van der Waals surface area contributed by atoms with Gasteiger partial charge in [-0.2, -0.15) is 0 Å². The van der Waals surface area contributed by atoms with Gasteiger partial charge in [0.1, 0.15) is 0 Å². The average molecular weight is 183 g/mol. The minimum Gasteiger partial charge on any atom is -0.310 e. The number of nitrogens with one attached hydrogen (secondary N) is 1. The predicted octanol–water partition coefficient (Wildman–Crippen LogP) is 1.85. The lowest BCUT2D eigenvalue weighted by Gasteiger charge is -1.96. The number of hydrogen-bond donors (Lipinski definition) is 1. The number of rotatable bonds is 4. The number of thiophene rings is 1. The highest BCUT2D eigenvalue weighted by molar-refractivity contribution is 7.14. The van der Waals surface area contributed by atoms with E-state index in [1.807, 2.05) is 26.0 Å². The van der Waals surface area contributed by atoms with Crippen LogP contribution in [-0.2, 0) is 0 Å². The molecule has 0 amide bonds. The van der Waals surface area contributed by atoms with Gasteiger partial charge < -0.3 is 5.32 Å². The van der Waals surface area contributed by atoms with E-state index in [1.165, 1.54) is 4.88 Å². The van der Waals surface area contributed by atoms with Gasteiger partial charge in [0, 0.05) is 4.88 Å². The molecule has 0 atom stereocenters. The normalized spacial score (nSPS) is 10.2. The van der Waals surface area contributed by atoms with Crippen LogP contribution in [0.15, 0.2) is 12.1 Å². The second-order valence-electron chi connectivity index (χ2n) is 2.61. The Bertz CT molecular complexity index is 267. The maximum atomic E-state index is 11.4. The van der Waals surface area contributed by atoms with E-state index in [-0.39, 0.29) is 5.78 Å². The van der Waals surface area contributed by atoms with Crippen LogP contribution < -0.4 is 5.32 Å². The van der Waals surface area contributed by atoms with E-state index in [1.54, 1.807) is 11.3 Å². The number of ketones is 1. The topological polar surface area (TPSA) is 29.1 Å². The van der Waals surface area contributed by atoms with Crippen molar-refractivity contribution in [2.45, 2.75) is 13.8 Å². The molecule has 0 fully saturated rings. The molecule has 0 radical (unpaired) electrons. The zero-order valence-electron chi connectivity index (χ0n) is 7.39. The summed E-state index contributed by atoms with van der Waals surface area (Å²) in [6.45, 7) is 5.30. The summed E-state index contributed by atoms with van der Waals surface area (Å²) in [6, 6.07) is 3.86. The minimum absolute atomic E-state index is 0.190. The lowest BCUT2D eigenvalue weighted by atomic mass is 10.3. The Morgan fingerprint density at radius 3 is 2.83 bits per heavy atom. The monoisotopic (exact) mass is 183 g/mol. The molecule has 0 bridgehead atoms. The number of likely N-dealkylation sites (N-methyl/N-ethyl adjacent to an activating group) is 1. The smallest absolute Gasteiger partial charge is 0.186 e. The largest absolute Gasteiger partial charge is 0.310 e. The third-order valence-corrected chi connectivity index (χ3v) is 2.59. The third-order valence-electron chi connectivity index (χ3n) is 1.55. The molecule has 0 spiro atoms. The summed E-state index contributed by atoms with van der Waals surface area (Å²) in [4.78, 5) is 13.4. The molecular weight excluding hydrogens is 170 g/mol. The number of carbonyl (C=O) groups excluding carboxylic acids is 1. The van der Waals surface area contributed by atoms with Gasteiger partial charge in [0.05, 0.1) is 11.4 Å². The summed E-state index contributed by atoms with van der Waals surface area (Å²) in [6.07, 6.45) is 0. The molecule has 12 heavy (non-hydrogen) atoms. The van der Waals surface area contributed by atoms with Gasteiger partial charge in [0.15, 0.2) is 5.78 Å². The first kappa shape index (κ1) is 9.42. The van der Waals surface area contributed by atoms with Gasteiger partial charge in [-0.1, -0.05) is 6.92 Å². The Labute approximate surface area is 76.6 Å². The van der Waals surface area contributed by atoms with Gasteiger partial charge in [-0.3, -0.25) is 4.79 Å². The summed E-state index contributed by atoms with van der Waals surface area (Å²) >= 11 is 1.56. The summed E-state index contributed by atoms with van der Waals surface area (Å²) in [5.74, 6) is 0.190. The van der Waals surface area contributed by atoms with Crippen LogP contribution in [0.5, 0.6) is 0 Å². The molecule has 0 saturated heterocycles. The fourth-order valence-electron chi connectivity index (χ4n) is 0.910. The summed E-state index contributed by atoms with van der Waals surface area (Å²) in [5.41, 5.74) is 0. The SMILES string of the molecule is CCNCC(=O)c1ccc(C)s1. The Morgan fingerprint density at radius 1 is 1.58 bits per heavy atom. The van der Waals surface area contributed by atoms with Crippen molar-refractivity contribution in [3.8, 4) is 0 Å². The van der Waals surface area contributed by atoms with Crippen molar-refractivity contribution < 1.29 is 4.79 Å². The van der Waals surface area contributed by atoms with Crippen LogP contribution in [0.3, 0.4) is 0 Å². The molecule has 0 aliphatic heterocycles. The van der Waals surface area contributed by atoms with Crippen LogP contribution in [0.2, 0.25) is 0 Å². The van der Waals surface area contributed by atoms with E-state index < -0.39 is 0 Å². The second-order valence-corrected chi connectivity index (χ2v) is 3.90. The Balaban J connectivity index is 2.53. The van der Waals surface area contributed by atoms with Gasteiger partial charge >= 0.3 is 0 Å². The Hall–Kier alpha value is -0.670. The van der Waals surface area contributed by atoms with Crippen LogP contribution in [0.1, 0.15) is 21.5 Å². The average Bonchev–Trinajstić information content (AvgIpc) is 2.47. The van der Waals surface area contributed by atoms with Gasteiger partial charge in [0.25, 0.3) is 0 Å². The molecule has 66 valence electrons. The van der Waals surface area contributed by atoms with Crippen molar-refractivity contribution >= 4 is 17.1 Å². The maximum Gasteiger partial charge on any atom is 0.186 e. The fourth-order valence-corrected chi connectivity index (χ4v) is 1.72. The molecule has 0 aliphatic rings. The minimum atomic E-state index is 0.190. The van der Waals surface area contributed by atoms with Gasteiger partial charge in [-0.25, -0.2) is 0 Å². The van der Waals surface area contributed by atoms with Crippen molar-refractivity contribution in [2.75, 3.05) is 13.1 Å². The van der Waals surface area contributed by atoms with E-state index >= 15 is 0 Å². The van der Waals surface area contributed by atoms with E-state index in [4.69, 9.17) is 0 Å². The van der Waals surface area contributed by atoms with Gasteiger partial charge in [0.2, 0.25) is 0 Å².